The fourth-order valence-corrected chi connectivity index (χ4v) is 3.66. The second-order valence-corrected chi connectivity index (χ2v) is 7.75. The number of nitrogens with zero attached hydrogens (tertiary/aromatic N) is 2. The van der Waals surface area contributed by atoms with Crippen molar-refractivity contribution in [3.05, 3.63) is 46.7 Å². The van der Waals surface area contributed by atoms with Crippen LogP contribution in [-0.2, 0) is 6.54 Å². The van der Waals surface area contributed by atoms with E-state index in [1.165, 1.54) is 18.9 Å². The summed E-state index contributed by atoms with van der Waals surface area (Å²) in [5.74, 6) is 0.260. The van der Waals surface area contributed by atoms with Crippen LogP contribution in [0.3, 0.4) is 0 Å². The minimum Gasteiger partial charge on any atom is -0.493 e. The number of rotatable bonds is 10. The Hall–Kier alpha value is -1.92. The van der Waals surface area contributed by atoms with Crippen LogP contribution in [-0.4, -0.2) is 30.0 Å². The van der Waals surface area contributed by atoms with E-state index in [2.05, 4.69) is 26.3 Å². The molecule has 0 radical (unpaired) electrons. The topological polar surface area (TPSA) is 39.1 Å². The van der Waals surface area contributed by atoms with Gasteiger partial charge in [-0.1, -0.05) is 28.8 Å². The number of halogens is 2. The van der Waals surface area contributed by atoms with Crippen LogP contribution >= 0.6 is 15.9 Å². The lowest BCUT2D eigenvalue weighted by atomic mass is 10.1. The normalized spacial score (nSPS) is 11.3. The number of aromatic nitrogens is 2. The minimum atomic E-state index is -0.308. The van der Waals surface area contributed by atoms with Crippen molar-refractivity contribution in [1.29, 1.82) is 0 Å². The molecule has 28 heavy (non-hydrogen) atoms. The average Bonchev–Trinajstić information content (AvgIpc) is 3.05. The SMILES string of the molecule is CCn1nc(-c2ccc(OCCCCCCNC)cc2F)c2ccc(Br)cc21. The van der Waals surface area contributed by atoms with Gasteiger partial charge in [-0.2, -0.15) is 5.10 Å². The molecule has 2 aromatic carbocycles. The number of hydrogen-bond acceptors (Lipinski definition) is 3. The van der Waals surface area contributed by atoms with Gasteiger partial charge < -0.3 is 10.1 Å². The highest BCUT2D eigenvalue weighted by molar-refractivity contribution is 9.10. The number of aryl methyl sites for hydroxylation is 1. The third kappa shape index (κ3) is 4.92. The summed E-state index contributed by atoms with van der Waals surface area (Å²) in [6.45, 7) is 4.42. The van der Waals surface area contributed by atoms with Crippen molar-refractivity contribution in [3.63, 3.8) is 0 Å². The Morgan fingerprint density at radius 2 is 1.93 bits per heavy atom. The molecule has 0 aliphatic carbocycles. The van der Waals surface area contributed by atoms with Gasteiger partial charge in [-0.25, -0.2) is 4.39 Å². The molecule has 0 unspecified atom stereocenters. The Morgan fingerprint density at radius 3 is 2.68 bits per heavy atom. The Balaban J connectivity index is 1.70. The zero-order valence-corrected chi connectivity index (χ0v) is 18.1. The first-order valence-corrected chi connectivity index (χ1v) is 10.7. The van der Waals surface area contributed by atoms with Crippen LogP contribution in [0.5, 0.6) is 5.75 Å². The van der Waals surface area contributed by atoms with Crippen molar-refractivity contribution in [1.82, 2.24) is 15.1 Å². The maximum atomic E-state index is 14.8. The molecule has 0 amide bonds. The van der Waals surface area contributed by atoms with Crippen LogP contribution in [0, 0.1) is 5.82 Å². The molecule has 1 heterocycles. The van der Waals surface area contributed by atoms with Gasteiger partial charge >= 0.3 is 0 Å². The molecule has 6 heteroatoms. The average molecular weight is 448 g/mol. The molecule has 0 atom stereocenters. The summed E-state index contributed by atoms with van der Waals surface area (Å²) in [5.41, 5.74) is 2.15. The van der Waals surface area contributed by atoms with Crippen molar-refractivity contribution in [2.75, 3.05) is 20.2 Å². The van der Waals surface area contributed by atoms with E-state index >= 15 is 0 Å². The Kier molecular flexibility index (Phi) is 7.45. The maximum absolute atomic E-state index is 14.8. The third-order valence-electron chi connectivity index (χ3n) is 4.80. The molecule has 0 spiro atoms. The summed E-state index contributed by atoms with van der Waals surface area (Å²) < 4.78 is 23.4. The van der Waals surface area contributed by atoms with Crippen LogP contribution in [0.1, 0.15) is 32.6 Å². The zero-order chi connectivity index (χ0) is 19.9. The molecule has 4 nitrogen and oxygen atoms in total. The van der Waals surface area contributed by atoms with Gasteiger partial charge in [0.15, 0.2) is 0 Å². The van der Waals surface area contributed by atoms with Gasteiger partial charge in [-0.15, -0.1) is 0 Å². The van der Waals surface area contributed by atoms with Crippen molar-refractivity contribution in [2.24, 2.45) is 0 Å². The van der Waals surface area contributed by atoms with Crippen molar-refractivity contribution < 1.29 is 9.13 Å². The lowest BCUT2D eigenvalue weighted by molar-refractivity contribution is 0.303. The van der Waals surface area contributed by atoms with Crippen LogP contribution in [0.25, 0.3) is 22.2 Å². The Labute approximate surface area is 174 Å². The number of hydrogen-bond donors (Lipinski definition) is 1. The quantitative estimate of drug-likeness (QED) is 0.400. The zero-order valence-electron chi connectivity index (χ0n) is 16.5. The van der Waals surface area contributed by atoms with E-state index in [0.717, 1.165) is 41.3 Å². The summed E-state index contributed by atoms with van der Waals surface area (Å²) >= 11 is 3.50. The van der Waals surface area contributed by atoms with E-state index in [1.54, 1.807) is 6.07 Å². The predicted molar refractivity (Wildman–Crippen MR) is 116 cm³/mol. The van der Waals surface area contributed by atoms with Crippen molar-refractivity contribution in [3.8, 4) is 17.0 Å². The fraction of sp³-hybridized carbons (Fsp3) is 0.409. The van der Waals surface area contributed by atoms with E-state index in [4.69, 9.17) is 4.74 Å². The van der Waals surface area contributed by atoms with E-state index in [1.807, 2.05) is 42.9 Å². The van der Waals surface area contributed by atoms with E-state index in [9.17, 15) is 4.39 Å². The van der Waals surface area contributed by atoms with Gasteiger partial charge in [-0.3, -0.25) is 4.68 Å². The maximum Gasteiger partial charge on any atom is 0.136 e. The monoisotopic (exact) mass is 447 g/mol. The predicted octanol–water partition coefficient (Wildman–Crippen LogP) is 5.78. The lowest BCUT2D eigenvalue weighted by Crippen LogP contribution is -2.07. The van der Waals surface area contributed by atoms with Gasteiger partial charge in [0.25, 0.3) is 0 Å². The smallest absolute Gasteiger partial charge is 0.136 e. The van der Waals surface area contributed by atoms with Crippen LogP contribution in [0.15, 0.2) is 40.9 Å². The Bertz CT molecular complexity index is 926. The van der Waals surface area contributed by atoms with Crippen LogP contribution in [0.4, 0.5) is 4.39 Å². The first-order chi connectivity index (χ1) is 13.6. The molecule has 0 aliphatic rings. The van der Waals surface area contributed by atoms with Crippen LogP contribution in [0.2, 0.25) is 0 Å². The Morgan fingerprint density at radius 1 is 1.11 bits per heavy atom. The van der Waals surface area contributed by atoms with Crippen molar-refractivity contribution >= 4 is 26.8 Å². The molecule has 1 aromatic heterocycles. The summed E-state index contributed by atoms with van der Waals surface area (Å²) in [4.78, 5) is 0. The first kappa shape index (κ1) is 20.8. The number of unbranched alkanes of at least 4 members (excludes halogenated alkanes) is 3. The lowest BCUT2D eigenvalue weighted by Gasteiger charge is -2.08. The fourth-order valence-electron chi connectivity index (χ4n) is 3.31. The highest BCUT2D eigenvalue weighted by atomic mass is 79.9. The van der Waals surface area contributed by atoms with E-state index < -0.39 is 0 Å². The van der Waals surface area contributed by atoms with Gasteiger partial charge in [0.05, 0.1) is 12.1 Å². The van der Waals surface area contributed by atoms with Crippen molar-refractivity contribution in [2.45, 2.75) is 39.2 Å². The minimum absolute atomic E-state index is 0.308. The van der Waals surface area contributed by atoms with Gasteiger partial charge in [-0.05, 0) is 63.7 Å². The second-order valence-electron chi connectivity index (χ2n) is 6.83. The molecule has 1 N–H and O–H groups in total. The van der Waals surface area contributed by atoms with Gasteiger partial charge in [0.2, 0.25) is 0 Å². The highest BCUT2D eigenvalue weighted by Crippen LogP contribution is 2.33. The summed E-state index contributed by atoms with van der Waals surface area (Å²) in [5, 5.41) is 8.72. The molecular formula is C22H27BrFN3O. The first-order valence-electron chi connectivity index (χ1n) is 9.87. The molecule has 0 saturated heterocycles. The van der Waals surface area contributed by atoms with Gasteiger partial charge in [0.1, 0.15) is 17.3 Å². The number of benzene rings is 2. The number of ether oxygens (including phenoxy) is 1. The highest BCUT2D eigenvalue weighted by Gasteiger charge is 2.16. The number of fused-ring (bicyclic) bond motifs is 1. The summed E-state index contributed by atoms with van der Waals surface area (Å²) in [6, 6.07) is 11.0. The van der Waals surface area contributed by atoms with Crippen LogP contribution < -0.4 is 10.1 Å². The third-order valence-corrected chi connectivity index (χ3v) is 5.29. The standard InChI is InChI=1S/C22H27BrFN3O/c1-3-27-21-14-16(23)8-10-19(21)22(26-27)18-11-9-17(15-20(18)24)28-13-7-5-4-6-12-25-2/h8-11,14-15,25H,3-7,12-13H2,1-2H3. The van der Waals surface area contributed by atoms with E-state index in [-0.39, 0.29) is 5.82 Å². The summed E-state index contributed by atoms with van der Waals surface area (Å²) in [6.07, 6.45) is 4.46. The molecular weight excluding hydrogens is 421 g/mol. The number of nitrogens with one attached hydrogen (secondary N) is 1. The van der Waals surface area contributed by atoms with E-state index in [0.29, 0.717) is 23.6 Å². The molecule has 3 aromatic rings. The molecule has 0 bridgehead atoms. The molecule has 150 valence electrons. The second kappa shape index (κ2) is 10.0. The largest absolute Gasteiger partial charge is 0.493 e. The molecule has 0 saturated carbocycles. The molecule has 3 rings (SSSR count). The summed E-state index contributed by atoms with van der Waals surface area (Å²) in [7, 11) is 1.97. The molecule has 0 fully saturated rings. The van der Waals surface area contributed by atoms with Gasteiger partial charge in [0, 0.05) is 28.0 Å². The molecule has 0 aliphatic heterocycles.